The van der Waals surface area contributed by atoms with E-state index in [1.165, 1.54) is 6.92 Å². The second kappa shape index (κ2) is 10.3. The van der Waals surface area contributed by atoms with E-state index in [-0.39, 0.29) is 13.2 Å². The van der Waals surface area contributed by atoms with Gasteiger partial charge in [0.05, 0.1) is 19.3 Å². The van der Waals surface area contributed by atoms with Crippen LogP contribution in [0.4, 0.5) is 0 Å². The Hall–Kier alpha value is -1.64. The van der Waals surface area contributed by atoms with Gasteiger partial charge < -0.3 is 54.6 Å². The van der Waals surface area contributed by atoms with Gasteiger partial charge in [-0.05, 0) is 25.0 Å². The molecular weight excluding hydrogens is 438 g/mol. The standard InChI is InChI=1S/C22H31NO10/c1-10-15(24)17(26)19(28)22(32-10)31-9-14-16(25)18(27)20(29)21(33-14)30-7-6-11-8-23-13-5-3-2-4-12(11)13/h2-5,8,10,14-29H,6-7,9H2,1H3. The van der Waals surface area contributed by atoms with Gasteiger partial charge in [-0.25, -0.2) is 0 Å². The summed E-state index contributed by atoms with van der Waals surface area (Å²) >= 11 is 0. The Morgan fingerprint density at radius 2 is 1.48 bits per heavy atom. The number of aromatic amines is 1. The number of hydrogen-bond donors (Lipinski definition) is 7. The molecule has 2 aliphatic heterocycles. The molecule has 11 nitrogen and oxygen atoms in total. The molecule has 2 aromatic rings. The third-order valence-electron chi connectivity index (χ3n) is 6.23. The van der Waals surface area contributed by atoms with Crippen LogP contribution in [0.2, 0.25) is 0 Å². The highest BCUT2D eigenvalue weighted by atomic mass is 16.7. The van der Waals surface area contributed by atoms with E-state index >= 15 is 0 Å². The van der Waals surface area contributed by atoms with Gasteiger partial charge in [-0.2, -0.15) is 0 Å². The number of hydrogen-bond acceptors (Lipinski definition) is 10. The summed E-state index contributed by atoms with van der Waals surface area (Å²) in [7, 11) is 0. The molecule has 33 heavy (non-hydrogen) atoms. The SMILES string of the molecule is CC1OC(OCC2OC(OCCc3c[nH]c4ccccc34)C(O)C(O)C2O)C(O)C(O)C1O. The Balaban J connectivity index is 1.33. The molecule has 0 spiro atoms. The molecule has 0 amide bonds. The van der Waals surface area contributed by atoms with Gasteiger partial charge >= 0.3 is 0 Å². The van der Waals surface area contributed by atoms with Crippen LogP contribution in [0.5, 0.6) is 0 Å². The third kappa shape index (κ3) is 5.08. The van der Waals surface area contributed by atoms with Gasteiger partial charge in [-0.15, -0.1) is 0 Å². The van der Waals surface area contributed by atoms with Crippen LogP contribution in [0.1, 0.15) is 12.5 Å². The number of aliphatic hydroxyl groups is 6. The van der Waals surface area contributed by atoms with Gasteiger partial charge in [0.2, 0.25) is 0 Å². The minimum atomic E-state index is -1.55. The smallest absolute Gasteiger partial charge is 0.186 e. The molecule has 7 N–H and O–H groups in total. The van der Waals surface area contributed by atoms with Crippen molar-refractivity contribution in [3.63, 3.8) is 0 Å². The maximum Gasteiger partial charge on any atom is 0.186 e. The molecular formula is C22H31NO10. The first-order valence-electron chi connectivity index (χ1n) is 11.0. The van der Waals surface area contributed by atoms with Crippen LogP contribution in [0.25, 0.3) is 10.9 Å². The highest BCUT2D eigenvalue weighted by Crippen LogP contribution is 2.26. The van der Waals surface area contributed by atoms with Crippen LogP contribution in [0, 0.1) is 0 Å². The molecule has 10 atom stereocenters. The van der Waals surface area contributed by atoms with Crippen molar-refractivity contribution in [1.29, 1.82) is 0 Å². The average molecular weight is 469 g/mol. The Kier molecular flexibility index (Phi) is 7.66. The molecule has 0 saturated carbocycles. The maximum atomic E-state index is 10.3. The topological polar surface area (TPSA) is 174 Å². The Morgan fingerprint density at radius 1 is 0.818 bits per heavy atom. The predicted octanol–water partition coefficient (Wildman–Crippen LogP) is -1.62. The van der Waals surface area contributed by atoms with Gasteiger partial charge in [-0.1, -0.05) is 18.2 Å². The van der Waals surface area contributed by atoms with Crippen LogP contribution in [-0.4, -0.2) is 110 Å². The molecule has 184 valence electrons. The summed E-state index contributed by atoms with van der Waals surface area (Å²) in [6, 6.07) is 7.81. The lowest BCUT2D eigenvalue weighted by Crippen LogP contribution is -2.61. The number of ether oxygens (including phenoxy) is 4. The molecule has 2 aliphatic rings. The van der Waals surface area contributed by atoms with E-state index in [0.29, 0.717) is 6.42 Å². The highest BCUT2D eigenvalue weighted by Gasteiger charge is 2.46. The van der Waals surface area contributed by atoms with Gasteiger partial charge in [0.1, 0.15) is 42.7 Å². The van der Waals surface area contributed by atoms with E-state index in [1.54, 1.807) is 0 Å². The summed E-state index contributed by atoms with van der Waals surface area (Å²) in [6.45, 7) is 1.37. The van der Waals surface area contributed by atoms with E-state index in [4.69, 9.17) is 18.9 Å². The van der Waals surface area contributed by atoms with Crippen LogP contribution in [0.15, 0.2) is 30.5 Å². The summed E-state index contributed by atoms with van der Waals surface area (Å²) in [4.78, 5) is 3.17. The van der Waals surface area contributed by atoms with Crippen molar-refractivity contribution < 1.29 is 49.6 Å². The maximum absolute atomic E-state index is 10.3. The molecule has 11 heteroatoms. The largest absolute Gasteiger partial charge is 0.388 e. The van der Waals surface area contributed by atoms with Gasteiger partial charge in [-0.3, -0.25) is 0 Å². The Morgan fingerprint density at radius 3 is 2.24 bits per heavy atom. The minimum absolute atomic E-state index is 0.187. The second-order valence-electron chi connectivity index (χ2n) is 8.51. The van der Waals surface area contributed by atoms with Crippen LogP contribution in [-0.2, 0) is 25.4 Å². The summed E-state index contributed by atoms with van der Waals surface area (Å²) < 4.78 is 22.1. The number of H-pyrrole nitrogens is 1. The number of para-hydroxylation sites is 1. The fourth-order valence-electron chi connectivity index (χ4n) is 4.16. The van der Waals surface area contributed by atoms with Gasteiger partial charge in [0.15, 0.2) is 12.6 Å². The van der Waals surface area contributed by atoms with E-state index in [9.17, 15) is 30.6 Å². The molecule has 4 rings (SSSR count). The summed E-state index contributed by atoms with van der Waals surface area (Å²) in [5, 5.41) is 61.6. The molecule has 0 radical (unpaired) electrons. The van der Waals surface area contributed by atoms with Crippen LogP contribution < -0.4 is 0 Å². The number of fused-ring (bicyclic) bond motifs is 1. The van der Waals surface area contributed by atoms with Gasteiger partial charge in [0, 0.05) is 17.1 Å². The third-order valence-corrected chi connectivity index (χ3v) is 6.23. The van der Waals surface area contributed by atoms with Crippen molar-refractivity contribution in [2.24, 2.45) is 0 Å². The molecule has 2 fully saturated rings. The first kappa shape index (κ1) is 24.5. The lowest BCUT2D eigenvalue weighted by atomic mass is 9.98. The zero-order valence-corrected chi connectivity index (χ0v) is 18.1. The fourth-order valence-corrected chi connectivity index (χ4v) is 4.16. The predicted molar refractivity (Wildman–Crippen MR) is 113 cm³/mol. The summed E-state index contributed by atoms with van der Waals surface area (Å²) in [6.07, 6.45) is -10.8. The summed E-state index contributed by atoms with van der Waals surface area (Å²) in [5.41, 5.74) is 2.02. The highest BCUT2D eigenvalue weighted by molar-refractivity contribution is 5.83. The van der Waals surface area contributed by atoms with Crippen LogP contribution >= 0.6 is 0 Å². The van der Waals surface area contributed by atoms with Crippen molar-refractivity contribution in [3.8, 4) is 0 Å². The van der Waals surface area contributed by atoms with Crippen molar-refractivity contribution in [1.82, 2.24) is 4.98 Å². The van der Waals surface area contributed by atoms with Crippen LogP contribution in [0.3, 0.4) is 0 Å². The van der Waals surface area contributed by atoms with Crippen molar-refractivity contribution in [3.05, 3.63) is 36.0 Å². The molecule has 0 aliphatic carbocycles. The van der Waals surface area contributed by atoms with Crippen molar-refractivity contribution in [2.75, 3.05) is 13.2 Å². The second-order valence-corrected chi connectivity index (χ2v) is 8.51. The van der Waals surface area contributed by atoms with E-state index < -0.39 is 61.4 Å². The van der Waals surface area contributed by atoms with Crippen molar-refractivity contribution in [2.45, 2.75) is 74.8 Å². The van der Waals surface area contributed by atoms with E-state index in [2.05, 4.69) is 4.98 Å². The monoisotopic (exact) mass is 469 g/mol. The molecule has 10 unspecified atom stereocenters. The normalized spacial score (nSPS) is 39.7. The number of rotatable bonds is 7. The zero-order valence-electron chi connectivity index (χ0n) is 18.1. The first-order valence-corrected chi connectivity index (χ1v) is 11.0. The molecule has 1 aromatic carbocycles. The zero-order chi connectivity index (χ0) is 23.7. The minimum Gasteiger partial charge on any atom is -0.388 e. The number of nitrogens with one attached hydrogen (secondary N) is 1. The van der Waals surface area contributed by atoms with E-state index in [1.807, 2.05) is 30.5 Å². The molecule has 0 bridgehead atoms. The summed E-state index contributed by atoms with van der Waals surface area (Å²) in [5.74, 6) is 0. The van der Waals surface area contributed by atoms with Gasteiger partial charge in [0.25, 0.3) is 0 Å². The number of benzene rings is 1. The van der Waals surface area contributed by atoms with E-state index in [0.717, 1.165) is 16.5 Å². The lowest BCUT2D eigenvalue weighted by Gasteiger charge is -2.42. The average Bonchev–Trinajstić information content (AvgIpc) is 3.23. The quantitative estimate of drug-likeness (QED) is 0.250. The number of aliphatic hydroxyl groups excluding tert-OH is 6. The number of aromatic nitrogens is 1. The molecule has 2 saturated heterocycles. The van der Waals surface area contributed by atoms with Crippen molar-refractivity contribution >= 4 is 10.9 Å². The molecule has 3 heterocycles. The Labute approximate surface area is 190 Å². The molecule has 1 aromatic heterocycles. The Bertz CT molecular complexity index is 908. The fraction of sp³-hybridized carbons (Fsp3) is 0.636. The lowest BCUT2D eigenvalue weighted by molar-refractivity contribution is -0.327. The first-order chi connectivity index (χ1) is 15.8.